The van der Waals surface area contributed by atoms with Crippen molar-refractivity contribution in [3.63, 3.8) is 0 Å². The molecule has 1 aliphatic heterocycles. The maximum absolute atomic E-state index is 13.0. The Bertz CT molecular complexity index is 604. The predicted molar refractivity (Wildman–Crippen MR) is 134 cm³/mol. The van der Waals surface area contributed by atoms with Crippen LogP contribution in [-0.4, -0.2) is 102 Å². The molecule has 1 rings (SSSR count). The van der Waals surface area contributed by atoms with Crippen molar-refractivity contribution < 1.29 is 39.1 Å². The zero-order chi connectivity index (χ0) is 26.8. The van der Waals surface area contributed by atoms with E-state index in [0.29, 0.717) is 25.8 Å². The van der Waals surface area contributed by atoms with Crippen molar-refractivity contribution in [1.82, 2.24) is 4.90 Å². The monoisotopic (exact) mass is 505 g/mol. The van der Waals surface area contributed by atoms with Gasteiger partial charge in [0.2, 0.25) is 0 Å². The first-order chi connectivity index (χ1) is 16.3. The van der Waals surface area contributed by atoms with Gasteiger partial charge >= 0.3 is 5.97 Å². The summed E-state index contributed by atoms with van der Waals surface area (Å²) in [4.78, 5) is 15.0. The lowest BCUT2D eigenvalue weighted by molar-refractivity contribution is -0.223. The highest BCUT2D eigenvalue weighted by molar-refractivity contribution is 5.72. The van der Waals surface area contributed by atoms with E-state index in [1.807, 2.05) is 32.7 Å². The number of likely N-dealkylation sites (N-methyl/N-ethyl adjacent to an activating group) is 1. The quantitative estimate of drug-likeness (QED) is 0.354. The molecule has 1 aliphatic rings. The summed E-state index contributed by atoms with van der Waals surface area (Å²) >= 11 is 0. The number of aliphatic hydroxyl groups is 3. The Morgan fingerprint density at radius 3 is 2.46 bits per heavy atom. The van der Waals surface area contributed by atoms with Crippen molar-refractivity contribution in [3.05, 3.63) is 0 Å². The van der Waals surface area contributed by atoms with E-state index in [-0.39, 0.29) is 31.3 Å². The van der Waals surface area contributed by atoms with Gasteiger partial charge in [0, 0.05) is 13.2 Å². The smallest absolute Gasteiger partial charge is 0.311 e. The maximum Gasteiger partial charge on any atom is 0.311 e. The standard InChI is InChI=1S/C26H51NO8/c1-9-18(3)34-23(15-32-8)35-22-11-10-21(28)14-17(2)12-13-27(7)20(5)24(29)26(6,31)16-33-25(30)19(22)4/h17-24,28-29,31H,9-16H2,1-8H3/t17-,18?,19?,20?,21?,22-,23-,24?,26+/m0/s1. The molecule has 9 heteroatoms. The fourth-order valence-electron chi connectivity index (χ4n) is 4.26. The second kappa shape index (κ2) is 15.4. The molecule has 0 amide bonds. The van der Waals surface area contributed by atoms with Crippen molar-refractivity contribution in [2.75, 3.05) is 33.9 Å². The number of aliphatic hydroxyl groups excluding tert-OH is 2. The molecule has 0 bridgehead atoms. The van der Waals surface area contributed by atoms with Crippen LogP contribution in [0.5, 0.6) is 0 Å². The summed E-state index contributed by atoms with van der Waals surface area (Å²) in [5.41, 5.74) is -1.61. The Labute approximate surface area is 212 Å². The number of carbonyl (C=O) groups excluding carboxylic acids is 1. The fourth-order valence-corrected chi connectivity index (χ4v) is 4.26. The van der Waals surface area contributed by atoms with Gasteiger partial charge in [0.25, 0.3) is 0 Å². The van der Waals surface area contributed by atoms with Crippen molar-refractivity contribution in [1.29, 1.82) is 0 Å². The molecule has 0 aromatic rings. The van der Waals surface area contributed by atoms with Gasteiger partial charge in [-0.2, -0.15) is 0 Å². The summed E-state index contributed by atoms with van der Waals surface area (Å²) in [6.45, 7) is 11.6. The van der Waals surface area contributed by atoms with Crippen molar-refractivity contribution in [2.45, 2.75) is 116 Å². The van der Waals surface area contributed by atoms with E-state index < -0.39 is 42.1 Å². The largest absolute Gasteiger partial charge is 0.462 e. The minimum absolute atomic E-state index is 0.0493. The molecule has 0 saturated carbocycles. The Kier molecular flexibility index (Phi) is 14.2. The van der Waals surface area contributed by atoms with Crippen LogP contribution in [-0.2, 0) is 23.7 Å². The van der Waals surface area contributed by atoms with Gasteiger partial charge in [-0.15, -0.1) is 0 Å². The number of hydrogen-bond acceptors (Lipinski definition) is 9. The molecule has 35 heavy (non-hydrogen) atoms. The normalized spacial score (nSPS) is 36.9. The summed E-state index contributed by atoms with van der Waals surface area (Å²) < 4.78 is 22.9. The van der Waals surface area contributed by atoms with Gasteiger partial charge in [-0.25, -0.2) is 0 Å². The highest BCUT2D eigenvalue weighted by atomic mass is 16.7. The molecule has 0 aromatic carbocycles. The van der Waals surface area contributed by atoms with E-state index in [1.54, 1.807) is 14.0 Å². The van der Waals surface area contributed by atoms with Crippen LogP contribution in [0.4, 0.5) is 0 Å². The van der Waals surface area contributed by atoms with E-state index in [9.17, 15) is 20.1 Å². The fraction of sp³-hybridized carbons (Fsp3) is 0.962. The molecule has 0 aliphatic carbocycles. The molecule has 208 valence electrons. The van der Waals surface area contributed by atoms with E-state index in [2.05, 4.69) is 6.92 Å². The molecule has 0 aromatic heterocycles. The van der Waals surface area contributed by atoms with Crippen LogP contribution in [0.1, 0.15) is 73.6 Å². The lowest BCUT2D eigenvalue weighted by Gasteiger charge is -2.38. The summed E-state index contributed by atoms with van der Waals surface area (Å²) in [5.74, 6) is -0.958. The topological polar surface area (TPSA) is 118 Å². The second-order valence-corrected chi connectivity index (χ2v) is 10.7. The highest BCUT2D eigenvalue weighted by Crippen LogP contribution is 2.25. The van der Waals surface area contributed by atoms with Crippen LogP contribution in [0.15, 0.2) is 0 Å². The Hall–Kier alpha value is -0.810. The van der Waals surface area contributed by atoms with E-state index in [0.717, 1.165) is 12.8 Å². The van der Waals surface area contributed by atoms with Crippen LogP contribution < -0.4 is 0 Å². The van der Waals surface area contributed by atoms with Gasteiger partial charge in [0.15, 0.2) is 6.29 Å². The number of methoxy groups -OCH3 is 1. The first-order valence-corrected chi connectivity index (χ1v) is 13.1. The average Bonchev–Trinajstić information content (AvgIpc) is 2.81. The number of nitrogens with zero attached hydrogens (tertiary/aromatic N) is 1. The molecule has 1 heterocycles. The minimum Gasteiger partial charge on any atom is -0.462 e. The number of cyclic esters (lactones) is 1. The van der Waals surface area contributed by atoms with Gasteiger partial charge in [0.05, 0.1) is 30.8 Å². The summed E-state index contributed by atoms with van der Waals surface area (Å²) in [6, 6.07) is -0.352. The van der Waals surface area contributed by atoms with Crippen LogP contribution in [0, 0.1) is 11.8 Å². The Morgan fingerprint density at radius 1 is 1.20 bits per heavy atom. The van der Waals surface area contributed by atoms with E-state index in [1.165, 1.54) is 6.92 Å². The predicted octanol–water partition coefficient (Wildman–Crippen LogP) is 2.34. The number of hydrogen-bond donors (Lipinski definition) is 3. The van der Waals surface area contributed by atoms with Gasteiger partial charge in [-0.1, -0.05) is 13.8 Å². The third-order valence-electron chi connectivity index (χ3n) is 7.25. The van der Waals surface area contributed by atoms with Crippen LogP contribution in [0.3, 0.4) is 0 Å². The SMILES string of the molecule is CCC(C)O[C@H](COC)O[C@H]1CCC(O)C[C@@H](C)CCN(C)C(C)C(O)[C@](C)(O)COC(=O)C1C. The van der Waals surface area contributed by atoms with Crippen molar-refractivity contribution >= 4 is 5.97 Å². The minimum atomic E-state index is -1.61. The van der Waals surface area contributed by atoms with Crippen LogP contribution in [0.2, 0.25) is 0 Å². The first-order valence-electron chi connectivity index (χ1n) is 13.1. The van der Waals surface area contributed by atoms with E-state index in [4.69, 9.17) is 18.9 Å². The Balaban J connectivity index is 3.11. The lowest BCUT2D eigenvalue weighted by atomic mass is 9.91. The van der Waals surface area contributed by atoms with Crippen LogP contribution in [0.25, 0.3) is 0 Å². The molecule has 1 fully saturated rings. The zero-order valence-corrected chi connectivity index (χ0v) is 23.1. The Morgan fingerprint density at radius 2 is 1.86 bits per heavy atom. The molecule has 5 unspecified atom stereocenters. The molecule has 1 saturated heterocycles. The van der Waals surface area contributed by atoms with Gasteiger partial charge in [-0.3, -0.25) is 4.79 Å². The molecular formula is C26H51NO8. The molecular weight excluding hydrogens is 454 g/mol. The third-order valence-corrected chi connectivity index (χ3v) is 7.25. The van der Waals surface area contributed by atoms with Gasteiger partial charge in [0.1, 0.15) is 18.3 Å². The number of carbonyl (C=O) groups is 1. The lowest BCUT2D eigenvalue weighted by Crippen LogP contribution is -2.54. The molecule has 0 radical (unpaired) electrons. The second-order valence-electron chi connectivity index (χ2n) is 10.7. The molecule has 3 N–H and O–H groups in total. The summed E-state index contributed by atoms with van der Waals surface area (Å²) in [6.07, 6.45) is 0.226. The molecule has 9 atom stereocenters. The van der Waals surface area contributed by atoms with Crippen molar-refractivity contribution in [2.24, 2.45) is 11.8 Å². The maximum atomic E-state index is 13.0. The summed E-state index contributed by atoms with van der Waals surface area (Å²) in [7, 11) is 3.45. The van der Waals surface area contributed by atoms with E-state index >= 15 is 0 Å². The van der Waals surface area contributed by atoms with Gasteiger partial charge < -0.3 is 39.2 Å². The molecule has 0 spiro atoms. The third kappa shape index (κ3) is 11.0. The first kappa shape index (κ1) is 32.2. The zero-order valence-electron chi connectivity index (χ0n) is 23.1. The van der Waals surface area contributed by atoms with Gasteiger partial charge in [-0.05, 0) is 79.3 Å². The highest BCUT2D eigenvalue weighted by Gasteiger charge is 2.39. The number of rotatable bonds is 7. The average molecular weight is 506 g/mol. The van der Waals surface area contributed by atoms with Crippen LogP contribution >= 0.6 is 0 Å². The summed E-state index contributed by atoms with van der Waals surface area (Å²) in [5, 5.41) is 32.4. The number of ether oxygens (including phenoxy) is 4. The number of esters is 1. The molecule has 9 nitrogen and oxygen atoms in total. The van der Waals surface area contributed by atoms with Crippen molar-refractivity contribution in [3.8, 4) is 0 Å².